The summed E-state index contributed by atoms with van der Waals surface area (Å²) in [5.74, 6) is 1.31. The molecule has 3 aliphatic heterocycles. The number of hydrogen-bond donors (Lipinski definition) is 1. The third-order valence-electron chi connectivity index (χ3n) is 4.17. The number of morpholine rings is 1. The first kappa shape index (κ1) is 12.3. The van der Waals surface area contributed by atoms with Crippen LogP contribution in [0.1, 0.15) is 25.7 Å². The summed E-state index contributed by atoms with van der Waals surface area (Å²) in [6.45, 7) is 6.08. The van der Waals surface area contributed by atoms with Crippen molar-refractivity contribution in [2.24, 2.45) is 0 Å². The Hall–Kier alpha value is 0.230. The Morgan fingerprint density at radius 3 is 2.47 bits per heavy atom. The average Bonchev–Trinajstić information content (AvgIpc) is 2.70. The van der Waals surface area contributed by atoms with Crippen LogP contribution in [0.5, 0.6) is 0 Å². The van der Waals surface area contributed by atoms with E-state index in [1.165, 1.54) is 64.2 Å². The number of ether oxygens (including phenoxy) is 1. The van der Waals surface area contributed by atoms with E-state index >= 15 is 0 Å². The second-order valence-electron chi connectivity index (χ2n) is 5.54. The molecule has 0 aromatic rings. The molecule has 3 heterocycles. The second kappa shape index (κ2) is 5.91. The van der Waals surface area contributed by atoms with Crippen molar-refractivity contribution < 1.29 is 4.74 Å². The van der Waals surface area contributed by atoms with Crippen molar-refractivity contribution in [2.75, 3.05) is 38.5 Å². The molecule has 3 saturated heterocycles. The zero-order chi connectivity index (χ0) is 11.5. The van der Waals surface area contributed by atoms with Gasteiger partial charge >= 0.3 is 0 Å². The van der Waals surface area contributed by atoms with Gasteiger partial charge in [-0.15, -0.1) is 0 Å². The van der Waals surface area contributed by atoms with Gasteiger partial charge in [0.15, 0.2) is 0 Å². The first-order chi connectivity index (χ1) is 8.40. The highest BCUT2D eigenvalue weighted by atomic mass is 32.2. The molecule has 0 aromatic carbocycles. The summed E-state index contributed by atoms with van der Waals surface area (Å²) < 4.78 is 5.87. The molecule has 0 saturated carbocycles. The molecular weight excluding hydrogens is 232 g/mol. The van der Waals surface area contributed by atoms with Crippen molar-refractivity contribution in [1.29, 1.82) is 0 Å². The van der Waals surface area contributed by atoms with E-state index in [4.69, 9.17) is 4.74 Å². The van der Waals surface area contributed by atoms with Gasteiger partial charge in [0.2, 0.25) is 0 Å². The molecule has 1 N–H and O–H groups in total. The fraction of sp³-hybridized carbons (Fsp3) is 1.00. The zero-order valence-corrected chi connectivity index (χ0v) is 11.4. The quantitative estimate of drug-likeness (QED) is 0.820. The lowest BCUT2D eigenvalue weighted by Crippen LogP contribution is -2.43. The fourth-order valence-electron chi connectivity index (χ4n) is 3.19. The van der Waals surface area contributed by atoms with Crippen LogP contribution in [0, 0.1) is 0 Å². The highest BCUT2D eigenvalue weighted by molar-refractivity contribution is 7.99. The van der Waals surface area contributed by atoms with Gasteiger partial charge in [-0.05, 0) is 38.8 Å². The van der Waals surface area contributed by atoms with Crippen LogP contribution in [0.15, 0.2) is 0 Å². The summed E-state index contributed by atoms with van der Waals surface area (Å²) in [5.41, 5.74) is 0. The molecule has 98 valence electrons. The van der Waals surface area contributed by atoms with Gasteiger partial charge in [-0.1, -0.05) is 0 Å². The molecule has 3 aliphatic rings. The lowest BCUT2D eigenvalue weighted by molar-refractivity contribution is -0.0360. The normalized spacial score (nSPS) is 35.3. The van der Waals surface area contributed by atoms with E-state index in [1.807, 2.05) is 0 Å². The van der Waals surface area contributed by atoms with Crippen LogP contribution in [0.25, 0.3) is 0 Å². The van der Waals surface area contributed by atoms with Crippen LogP contribution in [-0.2, 0) is 4.74 Å². The number of nitrogens with one attached hydrogen (secondary N) is 1. The van der Waals surface area contributed by atoms with Crippen molar-refractivity contribution in [2.45, 2.75) is 43.1 Å². The van der Waals surface area contributed by atoms with Crippen molar-refractivity contribution >= 4 is 11.8 Å². The van der Waals surface area contributed by atoms with E-state index in [0.717, 1.165) is 5.25 Å². The Morgan fingerprint density at radius 1 is 1.06 bits per heavy atom. The monoisotopic (exact) mass is 256 g/mol. The minimum atomic E-state index is 0.553. The lowest BCUT2D eigenvalue weighted by atomic mass is 10.2. The molecule has 0 spiro atoms. The average molecular weight is 256 g/mol. The first-order valence-corrected chi connectivity index (χ1v) is 8.15. The molecule has 2 unspecified atom stereocenters. The Morgan fingerprint density at radius 2 is 1.76 bits per heavy atom. The van der Waals surface area contributed by atoms with Gasteiger partial charge in [0.05, 0.1) is 12.2 Å². The minimum Gasteiger partial charge on any atom is -0.372 e. The third kappa shape index (κ3) is 3.37. The van der Waals surface area contributed by atoms with Gasteiger partial charge in [0.25, 0.3) is 0 Å². The predicted molar refractivity (Wildman–Crippen MR) is 72.7 cm³/mol. The fourth-order valence-corrected chi connectivity index (χ4v) is 4.46. The minimum absolute atomic E-state index is 0.553. The Kier molecular flexibility index (Phi) is 4.27. The van der Waals surface area contributed by atoms with Gasteiger partial charge < -0.3 is 10.1 Å². The highest BCUT2D eigenvalue weighted by Crippen LogP contribution is 2.27. The van der Waals surface area contributed by atoms with Crippen molar-refractivity contribution in [3.05, 3.63) is 0 Å². The van der Waals surface area contributed by atoms with Crippen molar-refractivity contribution in [1.82, 2.24) is 10.2 Å². The number of piperidine rings is 1. The second-order valence-corrected chi connectivity index (χ2v) is 6.95. The number of likely N-dealkylation sites (tertiary alicyclic amines) is 1. The van der Waals surface area contributed by atoms with E-state index in [0.29, 0.717) is 12.2 Å². The van der Waals surface area contributed by atoms with Crippen LogP contribution >= 0.6 is 11.8 Å². The molecule has 2 bridgehead atoms. The molecule has 0 aromatic heterocycles. The number of fused-ring (bicyclic) bond motifs is 2. The highest BCUT2D eigenvalue weighted by Gasteiger charge is 2.33. The number of rotatable bonds is 4. The summed E-state index contributed by atoms with van der Waals surface area (Å²) in [6.07, 6.45) is 6.42. The maximum absolute atomic E-state index is 5.87. The third-order valence-corrected chi connectivity index (χ3v) is 5.53. The van der Waals surface area contributed by atoms with Crippen LogP contribution in [0.2, 0.25) is 0 Å². The van der Waals surface area contributed by atoms with Gasteiger partial charge in [-0.2, -0.15) is 11.8 Å². The molecule has 3 rings (SSSR count). The van der Waals surface area contributed by atoms with Crippen molar-refractivity contribution in [3.8, 4) is 0 Å². The van der Waals surface area contributed by atoms with Gasteiger partial charge in [-0.25, -0.2) is 0 Å². The molecule has 17 heavy (non-hydrogen) atoms. The summed E-state index contributed by atoms with van der Waals surface area (Å²) >= 11 is 2.19. The molecule has 0 aliphatic carbocycles. The molecule has 0 radical (unpaired) electrons. The van der Waals surface area contributed by atoms with E-state index in [2.05, 4.69) is 22.0 Å². The Balaban J connectivity index is 1.34. The summed E-state index contributed by atoms with van der Waals surface area (Å²) in [5, 5.41) is 4.35. The van der Waals surface area contributed by atoms with Crippen LogP contribution < -0.4 is 5.32 Å². The zero-order valence-electron chi connectivity index (χ0n) is 10.6. The summed E-state index contributed by atoms with van der Waals surface area (Å²) in [7, 11) is 0. The van der Waals surface area contributed by atoms with E-state index < -0.39 is 0 Å². The smallest absolute Gasteiger partial charge is 0.0707 e. The topological polar surface area (TPSA) is 24.5 Å². The molecule has 0 amide bonds. The predicted octanol–water partition coefficient (Wildman–Crippen LogP) is 1.33. The SMILES string of the molecule is C1CC(SCCN2CC3CCC(C2)O3)CCN1. The maximum atomic E-state index is 5.87. The van der Waals surface area contributed by atoms with Crippen LogP contribution in [0.3, 0.4) is 0 Å². The number of nitrogens with zero attached hydrogens (tertiary/aromatic N) is 1. The standard InChI is InChI=1S/C13H24N2OS/c1-2-12-10-15(9-11(1)16-12)7-8-17-13-3-5-14-6-4-13/h11-14H,1-10H2. The van der Waals surface area contributed by atoms with Crippen molar-refractivity contribution in [3.63, 3.8) is 0 Å². The van der Waals surface area contributed by atoms with E-state index in [9.17, 15) is 0 Å². The van der Waals surface area contributed by atoms with E-state index in [-0.39, 0.29) is 0 Å². The van der Waals surface area contributed by atoms with Gasteiger partial charge in [0.1, 0.15) is 0 Å². The lowest BCUT2D eigenvalue weighted by Gasteiger charge is -2.32. The van der Waals surface area contributed by atoms with Gasteiger partial charge in [0, 0.05) is 30.6 Å². The summed E-state index contributed by atoms with van der Waals surface area (Å²) in [4.78, 5) is 2.62. The number of hydrogen-bond acceptors (Lipinski definition) is 4. The number of thioether (sulfide) groups is 1. The van der Waals surface area contributed by atoms with E-state index in [1.54, 1.807) is 0 Å². The van der Waals surface area contributed by atoms with Gasteiger partial charge in [-0.3, -0.25) is 4.90 Å². The largest absolute Gasteiger partial charge is 0.372 e. The summed E-state index contributed by atoms with van der Waals surface area (Å²) in [6, 6.07) is 0. The maximum Gasteiger partial charge on any atom is 0.0707 e. The Bertz CT molecular complexity index is 234. The first-order valence-electron chi connectivity index (χ1n) is 7.10. The molecular formula is C13H24N2OS. The molecule has 3 fully saturated rings. The molecule has 2 atom stereocenters. The van der Waals surface area contributed by atoms with Crippen LogP contribution in [-0.4, -0.2) is 60.8 Å². The van der Waals surface area contributed by atoms with Crippen LogP contribution in [0.4, 0.5) is 0 Å². The molecule has 3 nitrogen and oxygen atoms in total. The Labute approximate surface area is 109 Å². The molecule has 4 heteroatoms.